The minimum absolute atomic E-state index is 0.177. The monoisotopic (exact) mass is 206 g/mol. The number of benzene rings is 1. The summed E-state index contributed by atoms with van der Waals surface area (Å²) in [5.41, 5.74) is 4.04. The lowest BCUT2D eigenvalue weighted by atomic mass is 9.83. The molecule has 1 rings (SSSR count). The number of aliphatic hydroxyl groups excluding tert-OH is 1. The highest BCUT2D eigenvalue weighted by molar-refractivity contribution is 5.35. The molecular formula is C14H22O. The van der Waals surface area contributed by atoms with Crippen LogP contribution in [0.2, 0.25) is 0 Å². The van der Waals surface area contributed by atoms with Gasteiger partial charge in [-0.3, -0.25) is 0 Å². The van der Waals surface area contributed by atoms with Crippen LogP contribution >= 0.6 is 0 Å². The first kappa shape index (κ1) is 12.3. The molecule has 0 radical (unpaired) electrons. The molecule has 0 saturated heterocycles. The first-order chi connectivity index (χ1) is 6.84. The molecule has 0 fully saturated rings. The van der Waals surface area contributed by atoms with E-state index in [1.807, 2.05) is 0 Å². The van der Waals surface area contributed by atoms with E-state index in [2.05, 4.69) is 52.8 Å². The van der Waals surface area contributed by atoms with Gasteiger partial charge in [-0.15, -0.1) is 0 Å². The van der Waals surface area contributed by atoms with Crippen LogP contribution < -0.4 is 0 Å². The number of hydrogen-bond acceptors (Lipinski definition) is 1. The van der Waals surface area contributed by atoms with Gasteiger partial charge in [0.1, 0.15) is 0 Å². The van der Waals surface area contributed by atoms with Crippen LogP contribution in [0.15, 0.2) is 18.2 Å². The van der Waals surface area contributed by atoms with E-state index in [1.165, 1.54) is 16.7 Å². The molecule has 0 aliphatic rings. The molecule has 15 heavy (non-hydrogen) atoms. The van der Waals surface area contributed by atoms with Gasteiger partial charge in [-0.25, -0.2) is 0 Å². The highest BCUT2D eigenvalue weighted by Crippen LogP contribution is 2.27. The zero-order valence-corrected chi connectivity index (χ0v) is 10.5. The van der Waals surface area contributed by atoms with Crippen molar-refractivity contribution in [3.63, 3.8) is 0 Å². The minimum atomic E-state index is 0.177. The third-order valence-electron chi connectivity index (χ3n) is 2.81. The average molecular weight is 206 g/mol. The molecule has 1 aromatic carbocycles. The Morgan fingerprint density at radius 2 is 1.80 bits per heavy atom. The van der Waals surface area contributed by atoms with Crippen molar-refractivity contribution in [2.45, 2.75) is 46.0 Å². The van der Waals surface area contributed by atoms with Crippen LogP contribution in [0.4, 0.5) is 0 Å². The Morgan fingerprint density at radius 1 is 1.20 bits per heavy atom. The summed E-state index contributed by atoms with van der Waals surface area (Å²) in [6, 6.07) is 6.61. The van der Waals surface area contributed by atoms with E-state index in [9.17, 15) is 5.11 Å². The second-order valence-electron chi connectivity index (χ2n) is 5.47. The summed E-state index contributed by atoms with van der Waals surface area (Å²) in [5.74, 6) is 0.228. The minimum Gasteiger partial charge on any atom is -0.396 e. The van der Waals surface area contributed by atoms with Crippen molar-refractivity contribution >= 4 is 0 Å². The molecule has 1 N–H and O–H groups in total. The lowest BCUT2D eigenvalue weighted by Gasteiger charge is -2.22. The third kappa shape index (κ3) is 3.07. The first-order valence-electron chi connectivity index (χ1n) is 5.57. The normalized spacial score (nSPS) is 14.0. The molecule has 0 aliphatic heterocycles. The molecule has 0 bridgehead atoms. The van der Waals surface area contributed by atoms with Crippen LogP contribution in [0.25, 0.3) is 0 Å². The smallest absolute Gasteiger partial charge is 0.0497 e. The van der Waals surface area contributed by atoms with Crippen molar-refractivity contribution in [3.05, 3.63) is 34.9 Å². The van der Waals surface area contributed by atoms with Crippen molar-refractivity contribution in [2.75, 3.05) is 6.61 Å². The van der Waals surface area contributed by atoms with E-state index in [4.69, 9.17) is 0 Å². The van der Waals surface area contributed by atoms with E-state index < -0.39 is 0 Å². The average Bonchev–Trinajstić information content (AvgIpc) is 2.14. The highest BCUT2D eigenvalue weighted by atomic mass is 16.3. The first-order valence-corrected chi connectivity index (χ1v) is 5.57. The highest BCUT2D eigenvalue weighted by Gasteiger charge is 2.15. The fourth-order valence-electron chi connectivity index (χ4n) is 1.64. The van der Waals surface area contributed by atoms with Gasteiger partial charge in [0.2, 0.25) is 0 Å². The molecule has 0 aliphatic carbocycles. The van der Waals surface area contributed by atoms with E-state index in [0.717, 1.165) is 0 Å². The van der Waals surface area contributed by atoms with E-state index in [0.29, 0.717) is 0 Å². The van der Waals surface area contributed by atoms with Crippen molar-refractivity contribution in [3.8, 4) is 0 Å². The molecule has 0 aromatic heterocycles. The topological polar surface area (TPSA) is 20.2 Å². The van der Waals surface area contributed by atoms with Gasteiger partial charge in [0, 0.05) is 12.5 Å². The predicted molar refractivity (Wildman–Crippen MR) is 65.4 cm³/mol. The van der Waals surface area contributed by atoms with Gasteiger partial charge in [-0.1, -0.05) is 51.5 Å². The number of aliphatic hydroxyl groups is 1. The maximum atomic E-state index is 9.17. The van der Waals surface area contributed by atoms with Gasteiger partial charge in [0.15, 0.2) is 0 Å². The van der Waals surface area contributed by atoms with E-state index in [1.54, 1.807) is 0 Å². The third-order valence-corrected chi connectivity index (χ3v) is 2.81. The maximum absolute atomic E-state index is 9.17. The Kier molecular flexibility index (Phi) is 3.56. The van der Waals surface area contributed by atoms with Crippen LogP contribution in [0.1, 0.15) is 50.3 Å². The SMILES string of the molecule is Cc1cc(C(C)CO)cc(C(C)(C)C)c1. The Labute approximate surface area is 93.1 Å². The summed E-state index contributed by atoms with van der Waals surface area (Å²) in [6.07, 6.45) is 0. The molecule has 1 atom stereocenters. The van der Waals surface area contributed by atoms with Gasteiger partial charge in [0.05, 0.1) is 0 Å². The zero-order valence-electron chi connectivity index (χ0n) is 10.5. The van der Waals surface area contributed by atoms with Gasteiger partial charge in [-0.05, 0) is 23.5 Å². The molecule has 1 nitrogen and oxygen atoms in total. The Balaban J connectivity index is 3.17. The quantitative estimate of drug-likeness (QED) is 0.786. The summed E-state index contributed by atoms with van der Waals surface area (Å²) < 4.78 is 0. The van der Waals surface area contributed by atoms with Crippen molar-refractivity contribution in [1.29, 1.82) is 0 Å². The van der Waals surface area contributed by atoms with Gasteiger partial charge in [0.25, 0.3) is 0 Å². The number of rotatable bonds is 2. The molecule has 84 valence electrons. The lowest BCUT2D eigenvalue weighted by Crippen LogP contribution is -2.12. The van der Waals surface area contributed by atoms with Crippen molar-refractivity contribution in [2.24, 2.45) is 0 Å². The Morgan fingerprint density at radius 3 is 2.27 bits per heavy atom. The second kappa shape index (κ2) is 4.36. The van der Waals surface area contributed by atoms with Crippen LogP contribution in [-0.2, 0) is 5.41 Å². The van der Waals surface area contributed by atoms with Crippen LogP contribution in [0.5, 0.6) is 0 Å². The molecule has 1 aromatic rings. The Bertz CT molecular complexity index is 334. The number of hydrogen-bond donors (Lipinski definition) is 1. The summed E-state index contributed by atoms with van der Waals surface area (Å²) in [4.78, 5) is 0. The summed E-state index contributed by atoms with van der Waals surface area (Å²) >= 11 is 0. The lowest BCUT2D eigenvalue weighted by molar-refractivity contribution is 0.273. The van der Waals surface area contributed by atoms with Crippen molar-refractivity contribution < 1.29 is 5.11 Å². The summed E-state index contributed by atoms with van der Waals surface area (Å²) in [6.45, 7) is 11.0. The molecule has 1 unspecified atom stereocenters. The maximum Gasteiger partial charge on any atom is 0.0497 e. The molecular weight excluding hydrogens is 184 g/mol. The van der Waals surface area contributed by atoms with E-state index >= 15 is 0 Å². The summed E-state index contributed by atoms with van der Waals surface area (Å²) in [5, 5.41) is 9.17. The second-order valence-corrected chi connectivity index (χ2v) is 5.47. The zero-order chi connectivity index (χ0) is 11.6. The van der Waals surface area contributed by atoms with Gasteiger partial charge in [-0.2, -0.15) is 0 Å². The largest absolute Gasteiger partial charge is 0.396 e. The summed E-state index contributed by atoms with van der Waals surface area (Å²) in [7, 11) is 0. The van der Waals surface area contributed by atoms with Crippen molar-refractivity contribution in [1.82, 2.24) is 0 Å². The molecule has 0 spiro atoms. The van der Waals surface area contributed by atoms with Gasteiger partial charge < -0.3 is 5.11 Å². The van der Waals surface area contributed by atoms with E-state index in [-0.39, 0.29) is 17.9 Å². The van der Waals surface area contributed by atoms with Gasteiger partial charge >= 0.3 is 0 Å². The Hall–Kier alpha value is -0.820. The fourth-order valence-corrected chi connectivity index (χ4v) is 1.64. The standard InChI is InChI=1S/C14H22O/c1-10-6-12(11(2)9-15)8-13(7-10)14(3,4)5/h6-8,11,15H,9H2,1-5H3. The fraction of sp³-hybridized carbons (Fsp3) is 0.571. The molecule has 0 amide bonds. The van der Waals surface area contributed by atoms with Crippen LogP contribution in [0, 0.1) is 6.92 Å². The number of aryl methyl sites for hydroxylation is 1. The van der Waals surface area contributed by atoms with Crippen LogP contribution in [-0.4, -0.2) is 11.7 Å². The molecule has 0 heterocycles. The molecule has 0 saturated carbocycles. The predicted octanol–water partition coefficient (Wildman–Crippen LogP) is 3.39. The molecule has 1 heteroatoms. The van der Waals surface area contributed by atoms with Crippen LogP contribution in [0.3, 0.4) is 0 Å².